The number of hydrogen-bond donors (Lipinski definition) is 1. The number of anilines is 1. The Hall–Kier alpha value is -2.37. The van der Waals surface area contributed by atoms with Crippen LogP contribution in [0, 0.1) is 0 Å². The molecule has 1 aliphatic rings. The Morgan fingerprint density at radius 1 is 1.19 bits per heavy atom. The van der Waals surface area contributed by atoms with E-state index in [0.29, 0.717) is 37.4 Å². The number of ether oxygens (including phenoxy) is 1. The highest BCUT2D eigenvalue weighted by atomic mass is 16.5. The van der Waals surface area contributed by atoms with Gasteiger partial charge >= 0.3 is 0 Å². The Morgan fingerprint density at radius 3 is 2.38 bits per heavy atom. The summed E-state index contributed by atoms with van der Waals surface area (Å²) < 4.78 is 5.42. The van der Waals surface area contributed by atoms with E-state index in [1.54, 1.807) is 29.2 Å². The van der Waals surface area contributed by atoms with Gasteiger partial charge in [-0.3, -0.25) is 14.4 Å². The number of hydrogen-bond acceptors (Lipinski definition) is 4. The molecular weight excluding hydrogens is 272 g/mol. The summed E-state index contributed by atoms with van der Waals surface area (Å²) in [5.41, 5.74) is 0.677. The predicted octanol–water partition coefficient (Wildman–Crippen LogP) is 1.22. The number of likely N-dealkylation sites (tertiary alicyclic amines) is 1. The second kappa shape index (κ2) is 6.88. The van der Waals surface area contributed by atoms with Crippen LogP contribution in [0.25, 0.3) is 0 Å². The molecule has 6 heteroatoms. The van der Waals surface area contributed by atoms with Gasteiger partial charge in [-0.1, -0.05) is 0 Å². The molecule has 112 valence electrons. The molecule has 0 radical (unpaired) electrons. The topological polar surface area (TPSA) is 75.7 Å². The van der Waals surface area contributed by atoms with E-state index >= 15 is 0 Å². The summed E-state index contributed by atoms with van der Waals surface area (Å²) in [6.07, 6.45) is 0.855. The van der Waals surface area contributed by atoms with Crippen molar-refractivity contribution in [2.24, 2.45) is 0 Å². The molecule has 1 fully saturated rings. The Kier molecular flexibility index (Phi) is 4.92. The van der Waals surface area contributed by atoms with E-state index in [9.17, 15) is 14.4 Å². The maximum atomic E-state index is 11.9. The molecule has 1 heterocycles. The van der Waals surface area contributed by atoms with Gasteiger partial charge in [0.2, 0.25) is 5.91 Å². The molecule has 1 aromatic rings. The average Bonchev–Trinajstić information content (AvgIpc) is 2.46. The van der Waals surface area contributed by atoms with Crippen molar-refractivity contribution in [1.29, 1.82) is 0 Å². The fraction of sp³-hybridized carbons (Fsp3) is 0.400. The number of Topliss-reactive ketones (excluding diaryl/α,β-unsaturated/α-hetero) is 1. The molecular formula is C15H18N2O4. The van der Waals surface area contributed by atoms with Gasteiger partial charge in [-0.15, -0.1) is 0 Å². The first-order chi connectivity index (χ1) is 10.0. The highest BCUT2D eigenvalue weighted by Gasteiger charge is 2.20. The van der Waals surface area contributed by atoms with E-state index in [1.165, 1.54) is 6.92 Å². The molecule has 0 unspecified atom stereocenters. The molecule has 0 atom stereocenters. The standard InChI is InChI=1S/C15H18N2O4/c1-11(18)16-12-2-4-14(5-3-12)21-10-15(20)17-8-6-13(19)7-9-17/h2-5H,6-10H2,1H3,(H,16,18). The van der Waals surface area contributed by atoms with Crippen LogP contribution in [0.2, 0.25) is 0 Å². The van der Waals surface area contributed by atoms with E-state index in [2.05, 4.69) is 5.32 Å². The summed E-state index contributed by atoms with van der Waals surface area (Å²) in [6.45, 7) is 2.34. The van der Waals surface area contributed by atoms with Crippen molar-refractivity contribution < 1.29 is 19.1 Å². The SMILES string of the molecule is CC(=O)Nc1ccc(OCC(=O)N2CCC(=O)CC2)cc1. The van der Waals surface area contributed by atoms with Crippen LogP contribution in [-0.2, 0) is 14.4 Å². The van der Waals surface area contributed by atoms with Gasteiger partial charge in [-0.2, -0.15) is 0 Å². The second-order valence-electron chi connectivity index (χ2n) is 4.91. The Labute approximate surface area is 123 Å². The Bertz CT molecular complexity index is 529. The Balaban J connectivity index is 1.81. The lowest BCUT2D eigenvalue weighted by Gasteiger charge is -2.25. The molecule has 0 aliphatic carbocycles. The predicted molar refractivity (Wildman–Crippen MR) is 77.1 cm³/mol. The molecule has 0 aromatic heterocycles. The summed E-state index contributed by atoms with van der Waals surface area (Å²) in [7, 11) is 0. The third kappa shape index (κ3) is 4.59. The number of amides is 2. The highest BCUT2D eigenvalue weighted by molar-refractivity contribution is 5.88. The van der Waals surface area contributed by atoms with Gasteiger partial charge in [0, 0.05) is 38.5 Å². The van der Waals surface area contributed by atoms with Crippen LogP contribution in [0.1, 0.15) is 19.8 Å². The number of benzene rings is 1. The highest BCUT2D eigenvalue weighted by Crippen LogP contribution is 2.16. The zero-order valence-corrected chi connectivity index (χ0v) is 11.9. The van der Waals surface area contributed by atoms with Crippen molar-refractivity contribution in [2.45, 2.75) is 19.8 Å². The number of nitrogens with one attached hydrogen (secondary N) is 1. The second-order valence-corrected chi connectivity index (χ2v) is 4.91. The van der Waals surface area contributed by atoms with Gasteiger partial charge < -0.3 is 15.0 Å². The van der Waals surface area contributed by atoms with E-state index in [-0.39, 0.29) is 24.2 Å². The van der Waals surface area contributed by atoms with E-state index in [4.69, 9.17) is 4.74 Å². The average molecular weight is 290 g/mol. The van der Waals surface area contributed by atoms with Crippen LogP contribution in [0.5, 0.6) is 5.75 Å². The molecule has 21 heavy (non-hydrogen) atoms. The molecule has 2 amide bonds. The van der Waals surface area contributed by atoms with E-state index in [1.807, 2.05) is 0 Å². The normalized spacial score (nSPS) is 14.7. The maximum Gasteiger partial charge on any atom is 0.260 e. The summed E-state index contributed by atoms with van der Waals surface area (Å²) in [4.78, 5) is 35.6. The largest absolute Gasteiger partial charge is 0.484 e. The summed E-state index contributed by atoms with van der Waals surface area (Å²) in [5.74, 6) is 0.506. The fourth-order valence-corrected chi connectivity index (χ4v) is 2.08. The molecule has 6 nitrogen and oxygen atoms in total. The van der Waals surface area contributed by atoms with Crippen LogP contribution in [0.3, 0.4) is 0 Å². The third-order valence-electron chi connectivity index (χ3n) is 3.21. The molecule has 2 rings (SSSR count). The zero-order chi connectivity index (χ0) is 15.2. The smallest absolute Gasteiger partial charge is 0.260 e. The minimum Gasteiger partial charge on any atom is -0.484 e. The summed E-state index contributed by atoms with van der Waals surface area (Å²) in [5, 5.41) is 2.65. The van der Waals surface area contributed by atoms with Crippen molar-refractivity contribution in [1.82, 2.24) is 4.90 Å². The zero-order valence-electron chi connectivity index (χ0n) is 11.9. The number of carbonyl (C=O) groups is 3. The molecule has 0 bridgehead atoms. The lowest BCUT2D eigenvalue weighted by atomic mass is 10.1. The van der Waals surface area contributed by atoms with Crippen LogP contribution in [-0.4, -0.2) is 42.2 Å². The number of piperidine rings is 1. The first kappa shape index (κ1) is 15.0. The molecule has 1 aliphatic heterocycles. The first-order valence-electron chi connectivity index (χ1n) is 6.84. The van der Waals surface area contributed by atoms with Crippen molar-refractivity contribution in [3.8, 4) is 5.75 Å². The third-order valence-corrected chi connectivity index (χ3v) is 3.21. The van der Waals surface area contributed by atoms with Gasteiger partial charge in [0.25, 0.3) is 5.91 Å². The van der Waals surface area contributed by atoms with Crippen LogP contribution >= 0.6 is 0 Å². The molecule has 0 saturated carbocycles. The van der Waals surface area contributed by atoms with Crippen molar-refractivity contribution in [3.05, 3.63) is 24.3 Å². The summed E-state index contributed by atoms with van der Waals surface area (Å²) in [6, 6.07) is 6.80. The lowest BCUT2D eigenvalue weighted by molar-refractivity contribution is -0.136. The minimum absolute atomic E-state index is 0.0479. The lowest BCUT2D eigenvalue weighted by Crippen LogP contribution is -2.41. The fourth-order valence-electron chi connectivity index (χ4n) is 2.08. The first-order valence-corrected chi connectivity index (χ1v) is 6.84. The van der Waals surface area contributed by atoms with E-state index in [0.717, 1.165) is 0 Å². The Morgan fingerprint density at radius 2 is 1.81 bits per heavy atom. The minimum atomic E-state index is -0.140. The summed E-state index contributed by atoms with van der Waals surface area (Å²) >= 11 is 0. The number of nitrogens with zero attached hydrogens (tertiary/aromatic N) is 1. The quantitative estimate of drug-likeness (QED) is 0.904. The van der Waals surface area contributed by atoms with Crippen molar-refractivity contribution in [2.75, 3.05) is 25.0 Å². The van der Waals surface area contributed by atoms with Crippen LogP contribution in [0.4, 0.5) is 5.69 Å². The molecule has 1 saturated heterocycles. The maximum absolute atomic E-state index is 11.9. The molecule has 1 aromatic carbocycles. The number of rotatable bonds is 4. The van der Waals surface area contributed by atoms with Gasteiger partial charge in [0.05, 0.1) is 0 Å². The van der Waals surface area contributed by atoms with Gasteiger partial charge in [0.1, 0.15) is 11.5 Å². The molecule has 1 N–H and O–H groups in total. The van der Waals surface area contributed by atoms with Crippen LogP contribution < -0.4 is 10.1 Å². The number of carbonyl (C=O) groups excluding carboxylic acids is 3. The monoisotopic (exact) mass is 290 g/mol. The van der Waals surface area contributed by atoms with Crippen molar-refractivity contribution >= 4 is 23.3 Å². The van der Waals surface area contributed by atoms with Gasteiger partial charge in [-0.25, -0.2) is 0 Å². The van der Waals surface area contributed by atoms with Crippen LogP contribution in [0.15, 0.2) is 24.3 Å². The van der Waals surface area contributed by atoms with E-state index < -0.39 is 0 Å². The van der Waals surface area contributed by atoms with Gasteiger partial charge in [0.15, 0.2) is 6.61 Å². The molecule has 0 spiro atoms. The number of ketones is 1. The van der Waals surface area contributed by atoms with Gasteiger partial charge in [-0.05, 0) is 24.3 Å². The van der Waals surface area contributed by atoms with Crippen molar-refractivity contribution in [3.63, 3.8) is 0 Å².